The predicted molar refractivity (Wildman–Crippen MR) is 115 cm³/mol. The molecule has 3 heterocycles. The third-order valence-electron chi connectivity index (χ3n) is 5.14. The molecule has 0 N–H and O–H groups in total. The lowest BCUT2D eigenvalue weighted by atomic mass is 9.99. The van der Waals surface area contributed by atoms with E-state index in [1.807, 2.05) is 61.7 Å². The molecule has 1 aromatic heterocycles. The molecule has 2 unspecified atom stereocenters. The maximum Gasteiger partial charge on any atom is 0.439 e. The Bertz CT molecular complexity index is 1030. The molecule has 0 radical (unpaired) electrons. The Balaban J connectivity index is 1.66. The molecule has 7 heteroatoms. The predicted octanol–water partition coefficient (Wildman–Crippen LogP) is 4.51. The van der Waals surface area contributed by atoms with E-state index < -0.39 is 6.09 Å². The fourth-order valence-electron chi connectivity index (χ4n) is 3.77. The highest BCUT2D eigenvalue weighted by atomic mass is 32.1. The van der Waals surface area contributed by atoms with Crippen molar-refractivity contribution in [1.82, 2.24) is 9.96 Å². The molecule has 2 aromatic rings. The van der Waals surface area contributed by atoms with Gasteiger partial charge >= 0.3 is 6.09 Å². The second-order valence-corrected chi connectivity index (χ2v) is 8.44. The number of hydrogen-bond donors (Lipinski definition) is 0. The topological polar surface area (TPSA) is 66.9 Å². The second kappa shape index (κ2) is 8.28. The Morgan fingerprint density at radius 3 is 2.27 bits per heavy atom. The molecule has 0 bridgehead atoms. The van der Waals surface area contributed by atoms with Crippen LogP contribution >= 0.6 is 11.3 Å². The van der Waals surface area contributed by atoms with Crippen molar-refractivity contribution in [2.75, 3.05) is 0 Å². The highest BCUT2D eigenvalue weighted by Crippen LogP contribution is 2.33. The van der Waals surface area contributed by atoms with Gasteiger partial charge in [-0.2, -0.15) is 5.06 Å². The summed E-state index contributed by atoms with van der Waals surface area (Å²) >= 11 is 1.48. The summed E-state index contributed by atoms with van der Waals surface area (Å²) in [5.41, 5.74) is 1.87. The van der Waals surface area contributed by atoms with Crippen molar-refractivity contribution in [3.8, 4) is 0 Å². The van der Waals surface area contributed by atoms with Crippen LogP contribution in [0.3, 0.4) is 0 Å². The minimum Gasteiger partial charge on any atom is -0.321 e. The van der Waals surface area contributed by atoms with Gasteiger partial charge in [0.25, 0.3) is 0 Å². The highest BCUT2D eigenvalue weighted by molar-refractivity contribution is 7.11. The number of carbonyl (C=O) groups excluding carboxylic acids is 3. The molecular formula is C23H22N2O4S. The molecule has 4 rings (SSSR count). The van der Waals surface area contributed by atoms with Crippen LogP contribution in [-0.4, -0.2) is 39.7 Å². The van der Waals surface area contributed by atoms with Gasteiger partial charge in [-0.15, -0.1) is 11.3 Å². The fourth-order valence-corrected chi connectivity index (χ4v) is 4.50. The van der Waals surface area contributed by atoms with Crippen molar-refractivity contribution >= 4 is 40.4 Å². The molecule has 6 nitrogen and oxygen atoms in total. The Kier molecular flexibility index (Phi) is 5.55. The van der Waals surface area contributed by atoms with Crippen molar-refractivity contribution in [3.05, 3.63) is 70.4 Å². The summed E-state index contributed by atoms with van der Waals surface area (Å²) in [6, 6.07) is 12.5. The SMILES string of the molecule is CC1CC(=O)C=C(c2cccs2)N1OC(=O)N1C(c2ccccc2)=CC(=O)CC1C. The molecule has 154 valence electrons. The van der Waals surface area contributed by atoms with E-state index in [1.165, 1.54) is 33.5 Å². The molecule has 0 saturated heterocycles. The summed E-state index contributed by atoms with van der Waals surface area (Å²) in [4.78, 5) is 45.9. The van der Waals surface area contributed by atoms with E-state index in [4.69, 9.17) is 4.84 Å². The third-order valence-corrected chi connectivity index (χ3v) is 6.04. The van der Waals surface area contributed by atoms with Crippen LogP contribution < -0.4 is 0 Å². The zero-order valence-corrected chi connectivity index (χ0v) is 17.6. The van der Waals surface area contributed by atoms with Gasteiger partial charge in [-0.25, -0.2) is 4.79 Å². The molecule has 30 heavy (non-hydrogen) atoms. The number of hydroxylamine groups is 2. The smallest absolute Gasteiger partial charge is 0.321 e. The molecular weight excluding hydrogens is 400 g/mol. The molecule has 0 saturated carbocycles. The van der Waals surface area contributed by atoms with Crippen LogP contribution in [0.25, 0.3) is 11.4 Å². The number of thiophene rings is 1. The summed E-state index contributed by atoms with van der Waals surface area (Å²) in [7, 11) is 0. The van der Waals surface area contributed by atoms with Gasteiger partial charge in [-0.05, 0) is 30.9 Å². The normalized spacial score (nSPS) is 21.9. The first kappa shape index (κ1) is 20.1. The van der Waals surface area contributed by atoms with E-state index in [-0.39, 0.29) is 36.5 Å². The molecule has 2 atom stereocenters. The minimum atomic E-state index is -0.575. The van der Waals surface area contributed by atoms with Gasteiger partial charge in [0, 0.05) is 31.0 Å². The number of benzene rings is 1. The first-order chi connectivity index (χ1) is 14.4. The summed E-state index contributed by atoms with van der Waals surface area (Å²) in [6.07, 6.45) is 2.94. The van der Waals surface area contributed by atoms with E-state index in [0.29, 0.717) is 11.4 Å². The van der Waals surface area contributed by atoms with E-state index in [0.717, 1.165) is 10.4 Å². The molecule has 1 amide bonds. The lowest BCUT2D eigenvalue weighted by Crippen LogP contribution is -2.46. The number of amides is 1. The summed E-state index contributed by atoms with van der Waals surface area (Å²) < 4.78 is 0. The molecule has 0 aliphatic carbocycles. The highest BCUT2D eigenvalue weighted by Gasteiger charge is 2.36. The van der Waals surface area contributed by atoms with E-state index >= 15 is 0 Å². The van der Waals surface area contributed by atoms with E-state index in [1.54, 1.807) is 0 Å². The van der Waals surface area contributed by atoms with Crippen molar-refractivity contribution in [3.63, 3.8) is 0 Å². The second-order valence-electron chi connectivity index (χ2n) is 7.49. The van der Waals surface area contributed by atoms with Crippen molar-refractivity contribution in [2.24, 2.45) is 0 Å². The number of carbonyl (C=O) groups is 3. The number of nitrogens with zero attached hydrogens (tertiary/aromatic N) is 2. The lowest BCUT2D eigenvalue weighted by Gasteiger charge is -2.38. The molecule has 2 aliphatic rings. The molecule has 0 fully saturated rings. The lowest BCUT2D eigenvalue weighted by molar-refractivity contribution is -0.125. The van der Waals surface area contributed by atoms with Crippen LogP contribution in [0.15, 0.2) is 60.0 Å². The number of ketones is 2. The number of hydrogen-bond acceptors (Lipinski definition) is 6. The van der Waals surface area contributed by atoms with Crippen molar-refractivity contribution < 1.29 is 19.2 Å². The van der Waals surface area contributed by atoms with E-state index in [9.17, 15) is 14.4 Å². The van der Waals surface area contributed by atoms with Gasteiger partial charge in [0.05, 0.1) is 22.3 Å². The summed E-state index contributed by atoms with van der Waals surface area (Å²) in [5, 5.41) is 3.43. The zero-order chi connectivity index (χ0) is 21.3. The van der Waals surface area contributed by atoms with Crippen LogP contribution in [0.4, 0.5) is 4.79 Å². The molecule has 0 spiro atoms. The van der Waals surface area contributed by atoms with Crippen LogP contribution in [0.2, 0.25) is 0 Å². The van der Waals surface area contributed by atoms with Gasteiger partial charge in [0.15, 0.2) is 11.6 Å². The molecule has 1 aromatic carbocycles. The fraction of sp³-hybridized carbons (Fsp3) is 0.261. The zero-order valence-electron chi connectivity index (χ0n) is 16.8. The first-order valence-electron chi connectivity index (χ1n) is 9.83. The standard InChI is InChI=1S/C23H22N2O4S/c1-15-11-18(26)13-20(17-7-4-3-5-8-17)24(15)23(28)29-25-16(2)12-19(27)14-21(25)22-9-6-10-30-22/h3-10,13-16H,11-12H2,1-2H3. The maximum atomic E-state index is 13.3. The summed E-state index contributed by atoms with van der Waals surface area (Å²) in [5.74, 6) is -0.0264. The Labute approximate surface area is 179 Å². The average Bonchev–Trinajstić information content (AvgIpc) is 3.24. The Morgan fingerprint density at radius 1 is 0.933 bits per heavy atom. The van der Waals surface area contributed by atoms with Gasteiger partial charge < -0.3 is 4.84 Å². The van der Waals surface area contributed by atoms with E-state index in [2.05, 4.69) is 0 Å². The summed E-state index contributed by atoms with van der Waals surface area (Å²) in [6.45, 7) is 3.68. The van der Waals surface area contributed by atoms with Crippen molar-refractivity contribution in [1.29, 1.82) is 0 Å². The van der Waals surface area contributed by atoms with Crippen LogP contribution in [0, 0.1) is 0 Å². The van der Waals surface area contributed by atoms with Crippen LogP contribution in [-0.2, 0) is 14.4 Å². The largest absolute Gasteiger partial charge is 0.439 e. The van der Waals surface area contributed by atoms with Crippen molar-refractivity contribution in [2.45, 2.75) is 38.8 Å². The first-order valence-corrected chi connectivity index (χ1v) is 10.7. The average molecular weight is 423 g/mol. The Hall–Kier alpha value is -3.19. The number of allylic oxidation sites excluding steroid dienone is 2. The molecule has 2 aliphatic heterocycles. The van der Waals surface area contributed by atoms with Crippen LogP contribution in [0.1, 0.15) is 37.1 Å². The Morgan fingerprint density at radius 2 is 1.60 bits per heavy atom. The van der Waals surface area contributed by atoms with Gasteiger partial charge in [-0.3, -0.25) is 14.5 Å². The van der Waals surface area contributed by atoms with Gasteiger partial charge in [0.2, 0.25) is 0 Å². The number of rotatable bonds is 3. The van der Waals surface area contributed by atoms with Gasteiger partial charge in [-0.1, -0.05) is 36.4 Å². The maximum absolute atomic E-state index is 13.3. The van der Waals surface area contributed by atoms with Gasteiger partial charge in [0.1, 0.15) is 0 Å². The quantitative estimate of drug-likeness (QED) is 0.728. The minimum absolute atomic E-state index is 0.00000616. The third kappa shape index (κ3) is 3.93. The van der Waals surface area contributed by atoms with Crippen LogP contribution in [0.5, 0.6) is 0 Å². The monoisotopic (exact) mass is 422 g/mol.